The van der Waals surface area contributed by atoms with Gasteiger partial charge in [0.1, 0.15) is 16.9 Å². The van der Waals surface area contributed by atoms with Crippen molar-refractivity contribution in [2.24, 2.45) is 0 Å². The molecule has 1 aliphatic heterocycles. The molecule has 6 nitrogen and oxygen atoms in total. The number of pyridine rings is 1. The Bertz CT molecular complexity index is 1100. The number of hydrogen-bond donors (Lipinski definition) is 1. The summed E-state index contributed by atoms with van der Waals surface area (Å²) in [6.07, 6.45) is 5.02. The Balaban J connectivity index is 1.46. The number of furan rings is 1. The van der Waals surface area contributed by atoms with E-state index in [0.29, 0.717) is 18.8 Å². The molecule has 3 heterocycles. The average molecular weight is 391 g/mol. The molecule has 2 aromatic heterocycles. The standard InChI is InChI=1S/C23H25N3O3/c1-15-17-7-5-6-8-18(17)28-20(15)13-26(4)21(27)10-9-16-11-19-22(24-12-16)25-14-23(2,3)29-19/h5-12H,13-14H2,1-4H3,(H,24,25)/b10-9+. The van der Waals surface area contributed by atoms with Gasteiger partial charge in [0.25, 0.3) is 0 Å². The van der Waals surface area contributed by atoms with Crippen molar-refractivity contribution in [3.63, 3.8) is 0 Å². The van der Waals surface area contributed by atoms with Gasteiger partial charge >= 0.3 is 0 Å². The molecule has 1 N–H and O–H groups in total. The summed E-state index contributed by atoms with van der Waals surface area (Å²) in [6.45, 7) is 7.16. The van der Waals surface area contributed by atoms with Crippen LogP contribution in [0.3, 0.4) is 0 Å². The van der Waals surface area contributed by atoms with Gasteiger partial charge in [-0.1, -0.05) is 18.2 Å². The zero-order valence-electron chi connectivity index (χ0n) is 17.2. The third-order valence-electron chi connectivity index (χ3n) is 5.06. The van der Waals surface area contributed by atoms with Crippen molar-refractivity contribution >= 4 is 28.8 Å². The minimum atomic E-state index is -0.294. The highest BCUT2D eigenvalue weighted by molar-refractivity contribution is 5.91. The molecule has 0 atom stereocenters. The van der Waals surface area contributed by atoms with Crippen LogP contribution in [-0.4, -0.2) is 35.0 Å². The lowest BCUT2D eigenvalue weighted by molar-refractivity contribution is -0.125. The summed E-state index contributed by atoms with van der Waals surface area (Å²) in [5.74, 6) is 2.11. The number of nitrogens with zero attached hydrogens (tertiary/aromatic N) is 2. The van der Waals surface area contributed by atoms with E-state index in [2.05, 4.69) is 10.3 Å². The normalized spacial score (nSPS) is 15.0. The minimum Gasteiger partial charge on any atom is -0.482 e. The second kappa shape index (κ2) is 7.28. The Morgan fingerprint density at radius 2 is 2.14 bits per heavy atom. The molecular formula is C23H25N3O3. The number of fused-ring (bicyclic) bond motifs is 2. The van der Waals surface area contributed by atoms with Crippen molar-refractivity contribution in [2.45, 2.75) is 32.9 Å². The van der Waals surface area contributed by atoms with Crippen LogP contribution >= 0.6 is 0 Å². The van der Waals surface area contributed by atoms with Gasteiger partial charge in [-0.2, -0.15) is 0 Å². The van der Waals surface area contributed by atoms with Crippen molar-refractivity contribution in [3.8, 4) is 5.75 Å². The van der Waals surface area contributed by atoms with Gasteiger partial charge < -0.3 is 19.4 Å². The van der Waals surface area contributed by atoms with Gasteiger partial charge in [0.05, 0.1) is 13.1 Å². The number of benzene rings is 1. The predicted octanol–water partition coefficient (Wildman–Crippen LogP) is 4.39. The summed E-state index contributed by atoms with van der Waals surface area (Å²) in [7, 11) is 1.76. The second-order valence-corrected chi connectivity index (χ2v) is 8.00. The first-order valence-electron chi connectivity index (χ1n) is 9.65. The van der Waals surface area contributed by atoms with Crippen LogP contribution in [0.5, 0.6) is 5.75 Å². The molecule has 0 spiro atoms. The fraction of sp³-hybridized carbons (Fsp3) is 0.304. The van der Waals surface area contributed by atoms with Crippen molar-refractivity contribution in [2.75, 3.05) is 18.9 Å². The molecule has 0 saturated heterocycles. The smallest absolute Gasteiger partial charge is 0.246 e. The third-order valence-corrected chi connectivity index (χ3v) is 5.06. The molecule has 1 aliphatic rings. The lowest BCUT2D eigenvalue weighted by Gasteiger charge is -2.32. The van der Waals surface area contributed by atoms with Crippen molar-refractivity contribution in [1.29, 1.82) is 0 Å². The molecule has 1 aromatic carbocycles. The summed E-state index contributed by atoms with van der Waals surface area (Å²) in [6, 6.07) is 9.79. The van der Waals surface area contributed by atoms with Crippen molar-refractivity contribution < 1.29 is 13.9 Å². The van der Waals surface area contributed by atoms with Crippen LogP contribution in [0.4, 0.5) is 5.82 Å². The fourth-order valence-electron chi connectivity index (χ4n) is 3.36. The zero-order valence-corrected chi connectivity index (χ0v) is 17.2. The predicted molar refractivity (Wildman–Crippen MR) is 114 cm³/mol. The summed E-state index contributed by atoms with van der Waals surface area (Å²) in [4.78, 5) is 18.6. The maximum atomic E-state index is 12.6. The quantitative estimate of drug-likeness (QED) is 0.668. The molecule has 29 heavy (non-hydrogen) atoms. The van der Waals surface area contributed by atoms with Crippen LogP contribution in [0.25, 0.3) is 17.0 Å². The average Bonchev–Trinajstić information content (AvgIpc) is 3.00. The fourth-order valence-corrected chi connectivity index (χ4v) is 3.36. The first-order chi connectivity index (χ1) is 13.8. The molecule has 0 saturated carbocycles. The lowest BCUT2D eigenvalue weighted by Crippen LogP contribution is -2.40. The number of hydrogen-bond acceptors (Lipinski definition) is 5. The van der Waals surface area contributed by atoms with Crippen LogP contribution < -0.4 is 10.1 Å². The molecule has 6 heteroatoms. The van der Waals surface area contributed by atoms with Gasteiger partial charge in [-0.3, -0.25) is 4.79 Å². The molecule has 4 rings (SSSR count). The van der Waals surface area contributed by atoms with E-state index in [1.165, 1.54) is 0 Å². The topological polar surface area (TPSA) is 67.6 Å². The van der Waals surface area contributed by atoms with Crippen LogP contribution in [-0.2, 0) is 11.3 Å². The number of carbonyl (C=O) groups excluding carboxylic acids is 1. The number of aryl methyl sites for hydroxylation is 1. The van der Waals surface area contributed by atoms with Crippen LogP contribution in [0, 0.1) is 6.92 Å². The van der Waals surface area contributed by atoms with E-state index < -0.39 is 0 Å². The number of anilines is 1. The molecule has 0 aliphatic carbocycles. The van der Waals surface area contributed by atoms with Gasteiger partial charge in [0.2, 0.25) is 5.91 Å². The molecule has 3 aromatic rings. The third kappa shape index (κ3) is 3.97. The van der Waals surface area contributed by atoms with E-state index >= 15 is 0 Å². The number of likely N-dealkylation sites (N-methyl/N-ethyl adjacent to an activating group) is 1. The minimum absolute atomic E-state index is 0.109. The van der Waals surface area contributed by atoms with Gasteiger partial charge in [0, 0.05) is 30.3 Å². The van der Waals surface area contributed by atoms with Gasteiger partial charge in [0.15, 0.2) is 11.6 Å². The number of rotatable bonds is 4. The molecule has 150 valence electrons. The zero-order chi connectivity index (χ0) is 20.6. The largest absolute Gasteiger partial charge is 0.482 e. The summed E-state index contributed by atoms with van der Waals surface area (Å²) >= 11 is 0. The summed E-state index contributed by atoms with van der Waals surface area (Å²) < 4.78 is 11.9. The van der Waals surface area contributed by atoms with Gasteiger partial charge in [-0.05, 0) is 44.5 Å². The molecule has 0 radical (unpaired) electrons. The molecule has 0 fully saturated rings. The number of para-hydroxylation sites is 1. The number of amides is 1. The summed E-state index contributed by atoms with van der Waals surface area (Å²) in [5, 5.41) is 4.34. The lowest BCUT2D eigenvalue weighted by atomic mass is 10.1. The maximum absolute atomic E-state index is 12.6. The Labute approximate surface area is 170 Å². The van der Waals surface area contributed by atoms with Crippen LogP contribution in [0.15, 0.2) is 47.0 Å². The Kier molecular flexibility index (Phi) is 4.78. The van der Waals surface area contributed by atoms with Crippen LogP contribution in [0.2, 0.25) is 0 Å². The number of nitrogens with one attached hydrogen (secondary N) is 1. The monoisotopic (exact) mass is 391 g/mol. The van der Waals surface area contributed by atoms with Crippen molar-refractivity contribution in [3.05, 3.63) is 59.5 Å². The highest BCUT2D eigenvalue weighted by atomic mass is 16.5. The molecular weight excluding hydrogens is 366 g/mol. The SMILES string of the molecule is Cc1c(CN(C)C(=O)/C=C/c2cnc3c(c2)OC(C)(C)CN3)oc2ccccc12. The van der Waals surface area contributed by atoms with E-state index in [1.807, 2.05) is 51.1 Å². The summed E-state index contributed by atoms with van der Waals surface area (Å²) in [5.41, 5.74) is 2.42. The van der Waals surface area contributed by atoms with E-state index in [1.54, 1.807) is 30.3 Å². The Morgan fingerprint density at radius 3 is 2.93 bits per heavy atom. The van der Waals surface area contributed by atoms with E-state index in [-0.39, 0.29) is 11.5 Å². The Hall–Kier alpha value is -3.28. The number of aromatic nitrogens is 1. The molecule has 1 amide bonds. The van der Waals surface area contributed by atoms with Gasteiger partial charge in [-0.15, -0.1) is 0 Å². The maximum Gasteiger partial charge on any atom is 0.246 e. The van der Waals surface area contributed by atoms with E-state index in [4.69, 9.17) is 9.15 Å². The highest BCUT2D eigenvalue weighted by Gasteiger charge is 2.27. The first kappa shape index (κ1) is 19.1. The number of carbonyl (C=O) groups is 1. The van der Waals surface area contributed by atoms with Crippen molar-refractivity contribution in [1.82, 2.24) is 9.88 Å². The van der Waals surface area contributed by atoms with E-state index in [9.17, 15) is 4.79 Å². The first-order valence-corrected chi connectivity index (χ1v) is 9.65. The Morgan fingerprint density at radius 1 is 1.34 bits per heavy atom. The molecule has 0 unspecified atom stereocenters. The second-order valence-electron chi connectivity index (χ2n) is 8.00. The van der Waals surface area contributed by atoms with E-state index in [0.717, 1.165) is 33.7 Å². The van der Waals surface area contributed by atoms with Gasteiger partial charge in [-0.25, -0.2) is 4.98 Å². The highest BCUT2D eigenvalue weighted by Crippen LogP contribution is 2.32. The number of ether oxygens (including phenoxy) is 1. The van der Waals surface area contributed by atoms with Crippen LogP contribution in [0.1, 0.15) is 30.7 Å². The molecule has 0 bridgehead atoms.